The third-order valence-corrected chi connectivity index (χ3v) is 3.28. The summed E-state index contributed by atoms with van der Waals surface area (Å²) in [6, 6.07) is 6.74. The zero-order chi connectivity index (χ0) is 15.2. The van der Waals surface area contributed by atoms with E-state index in [0.29, 0.717) is 23.3 Å². The lowest BCUT2D eigenvalue weighted by Gasteiger charge is -2.07. The van der Waals surface area contributed by atoms with Crippen LogP contribution in [0.5, 0.6) is 11.5 Å². The van der Waals surface area contributed by atoms with Crippen molar-refractivity contribution in [2.24, 2.45) is 0 Å². The molecule has 0 spiro atoms. The van der Waals surface area contributed by atoms with E-state index >= 15 is 0 Å². The topological polar surface area (TPSA) is 61.3 Å². The number of aromatic nitrogens is 2. The highest BCUT2D eigenvalue weighted by Crippen LogP contribution is 2.21. The zero-order valence-corrected chi connectivity index (χ0v) is 13.1. The molecular weight excluding hydrogens is 312 g/mol. The lowest BCUT2D eigenvalue weighted by Crippen LogP contribution is -2.12. The number of benzene rings is 1. The number of hydrogen-bond donors (Lipinski definition) is 0. The van der Waals surface area contributed by atoms with Crippen LogP contribution in [0.15, 0.2) is 35.6 Å². The van der Waals surface area contributed by atoms with Gasteiger partial charge in [-0.3, -0.25) is 0 Å². The van der Waals surface area contributed by atoms with Gasteiger partial charge in [-0.25, -0.2) is 14.8 Å². The van der Waals surface area contributed by atoms with E-state index in [1.807, 2.05) is 13.2 Å². The molecule has 0 aliphatic heterocycles. The molecule has 2 aromatic rings. The maximum absolute atomic E-state index is 12.1. The molecule has 5 nitrogen and oxygen atoms in total. The molecule has 0 fully saturated rings. The summed E-state index contributed by atoms with van der Waals surface area (Å²) in [5, 5.41) is 0.613. The van der Waals surface area contributed by atoms with E-state index in [0.717, 1.165) is 0 Å². The van der Waals surface area contributed by atoms with E-state index in [2.05, 4.69) is 9.97 Å². The number of carbonyl (C=O) groups is 1. The fourth-order valence-corrected chi connectivity index (χ4v) is 2.03. The standard InChI is InChI=1S/C14H13ClN2O3S/c1-3-19-9-4-6-10(7-5-9)20-13(18)12-11(15)8-16-14(17-12)21-2/h4-8H,3H2,1-2H3. The monoisotopic (exact) mass is 324 g/mol. The number of hydrogen-bond acceptors (Lipinski definition) is 6. The van der Waals surface area contributed by atoms with E-state index < -0.39 is 5.97 Å². The third-order valence-electron chi connectivity index (χ3n) is 2.44. The molecule has 0 saturated carbocycles. The van der Waals surface area contributed by atoms with Gasteiger partial charge in [-0.05, 0) is 37.4 Å². The van der Waals surface area contributed by atoms with Crippen LogP contribution in [-0.2, 0) is 0 Å². The second kappa shape index (κ2) is 7.28. The van der Waals surface area contributed by atoms with Crippen molar-refractivity contribution in [3.63, 3.8) is 0 Å². The molecule has 0 unspecified atom stereocenters. The number of esters is 1. The van der Waals surface area contributed by atoms with E-state index in [-0.39, 0.29) is 10.7 Å². The van der Waals surface area contributed by atoms with Crippen molar-refractivity contribution in [1.82, 2.24) is 9.97 Å². The maximum Gasteiger partial charge on any atom is 0.364 e. The summed E-state index contributed by atoms with van der Waals surface area (Å²) in [6.45, 7) is 2.47. The van der Waals surface area contributed by atoms with Crippen LogP contribution in [0.3, 0.4) is 0 Å². The number of thioether (sulfide) groups is 1. The Morgan fingerprint density at radius 2 is 1.95 bits per heavy atom. The maximum atomic E-state index is 12.1. The summed E-state index contributed by atoms with van der Waals surface area (Å²) in [5.74, 6) is 0.479. The average molecular weight is 325 g/mol. The van der Waals surface area contributed by atoms with Crippen LogP contribution in [0.4, 0.5) is 0 Å². The second-order valence-electron chi connectivity index (χ2n) is 3.85. The van der Waals surface area contributed by atoms with Gasteiger partial charge >= 0.3 is 5.97 Å². The number of carbonyl (C=O) groups excluding carboxylic acids is 1. The average Bonchev–Trinajstić information content (AvgIpc) is 2.50. The SMILES string of the molecule is CCOc1ccc(OC(=O)c2nc(SC)ncc2Cl)cc1. The minimum atomic E-state index is -0.623. The van der Waals surface area contributed by atoms with Crippen LogP contribution in [0.1, 0.15) is 17.4 Å². The quantitative estimate of drug-likeness (QED) is 0.363. The van der Waals surface area contributed by atoms with Crippen molar-refractivity contribution in [1.29, 1.82) is 0 Å². The highest BCUT2D eigenvalue weighted by atomic mass is 35.5. The molecule has 7 heteroatoms. The van der Waals surface area contributed by atoms with Crippen molar-refractivity contribution >= 4 is 29.3 Å². The third kappa shape index (κ3) is 4.09. The van der Waals surface area contributed by atoms with Crippen molar-refractivity contribution in [2.45, 2.75) is 12.1 Å². The van der Waals surface area contributed by atoms with Gasteiger partial charge in [0.15, 0.2) is 10.9 Å². The summed E-state index contributed by atoms with van der Waals surface area (Å²) in [4.78, 5) is 20.1. The summed E-state index contributed by atoms with van der Waals surface area (Å²) in [6.07, 6.45) is 3.19. The van der Waals surface area contributed by atoms with Crippen LogP contribution in [0, 0.1) is 0 Å². The molecule has 0 radical (unpaired) electrons. The fraction of sp³-hybridized carbons (Fsp3) is 0.214. The molecule has 0 aliphatic carbocycles. The van der Waals surface area contributed by atoms with Gasteiger partial charge in [0, 0.05) is 0 Å². The molecule has 110 valence electrons. The molecule has 21 heavy (non-hydrogen) atoms. The van der Waals surface area contributed by atoms with Crippen LogP contribution >= 0.6 is 23.4 Å². The van der Waals surface area contributed by atoms with E-state index in [1.54, 1.807) is 24.3 Å². The van der Waals surface area contributed by atoms with Gasteiger partial charge in [-0.2, -0.15) is 0 Å². The lowest BCUT2D eigenvalue weighted by molar-refractivity contribution is 0.0727. The predicted octanol–water partition coefficient (Wildman–Crippen LogP) is 3.47. The van der Waals surface area contributed by atoms with E-state index in [1.165, 1.54) is 18.0 Å². The van der Waals surface area contributed by atoms with Crippen LogP contribution in [0.25, 0.3) is 0 Å². The molecule has 1 aromatic heterocycles. The zero-order valence-electron chi connectivity index (χ0n) is 11.5. The van der Waals surface area contributed by atoms with Gasteiger partial charge in [-0.1, -0.05) is 23.4 Å². The Bertz CT molecular complexity index is 635. The second-order valence-corrected chi connectivity index (χ2v) is 5.03. The summed E-state index contributed by atoms with van der Waals surface area (Å²) >= 11 is 7.24. The number of nitrogens with zero attached hydrogens (tertiary/aromatic N) is 2. The minimum Gasteiger partial charge on any atom is -0.494 e. The van der Waals surface area contributed by atoms with Crippen molar-refractivity contribution in [3.8, 4) is 11.5 Å². The molecule has 0 amide bonds. The first-order valence-corrected chi connectivity index (χ1v) is 7.76. The van der Waals surface area contributed by atoms with Crippen LogP contribution in [-0.4, -0.2) is 28.8 Å². The fourth-order valence-electron chi connectivity index (χ4n) is 1.52. The van der Waals surface area contributed by atoms with Gasteiger partial charge in [0.05, 0.1) is 17.8 Å². The van der Waals surface area contributed by atoms with Crippen molar-refractivity contribution in [3.05, 3.63) is 41.2 Å². The Kier molecular flexibility index (Phi) is 5.41. The van der Waals surface area contributed by atoms with Crippen molar-refractivity contribution in [2.75, 3.05) is 12.9 Å². The summed E-state index contributed by atoms with van der Waals surface area (Å²) in [5.41, 5.74) is 0.0462. The van der Waals surface area contributed by atoms with Gasteiger partial charge in [0.25, 0.3) is 0 Å². The smallest absolute Gasteiger partial charge is 0.364 e. The Morgan fingerprint density at radius 3 is 2.57 bits per heavy atom. The molecule has 0 bridgehead atoms. The molecule has 0 saturated heterocycles. The van der Waals surface area contributed by atoms with Gasteiger partial charge in [-0.15, -0.1) is 0 Å². The first-order valence-electron chi connectivity index (χ1n) is 6.15. The minimum absolute atomic E-state index is 0.0462. The predicted molar refractivity (Wildman–Crippen MR) is 81.4 cm³/mol. The Morgan fingerprint density at radius 1 is 1.29 bits per heavy atom. The lowest BCUT2D eigenvalue weighted by atomic mass is 10.3. The van der Waals surface area contributed by atoms with Gasteiger partial charge < -0.3 is 9.47 Å². The number of rotatable bonds is 5. The number of ether oxygens (including phenoxy) is 2. The molecular formula is C14H13ClN2O3S. The Hall–Kier alpha value is -1.79. The summed E-state index contributed by atoms with van der Waals surface area (Å²) < 4.78 is 10.6. The first kappa shape index (κ1) is 15.6. The van der Waals surface area contributed by atoms with Crippen LogP contribution in [0.2, 0.25) is 5.02 Å². The molecule has 1 aromatic carbocycles. The van der Waals surface area contributed by atoms with Crippen LogP contribution < -0.4 is 9.47 Å². The normalized spacial score (nSPS) is 10.2. The largest absolute Gasteiger partial charge is 0.494 e. The Balaban J connectivity index is 2.14. The van der Waals surface area contributed by atoms with Crippen molar-refractivity contribution < 1.29 is 14.3 Å². The molecule has 0 atom stereocenters. The van der Waals surface area contributed by atoms with E-state index in [4.69, 9.17) is 21.1 Å². The molecule has 1 heterocycles. The molecule has 0 aliphatic rings. The molecule has 2 rings (SSSR count). The number of halogens is 1. The van der Waals surface area contributed by atoms with Gasteiger partial charge in [0.2, 0.25) is 0 Å². The molecule has 0 N–H and O–H groups in total. The highest BCUT2D eigenvalue weighted by molar-refractivity contribution is 7.98. The van der Waals surface area contributed by atoms with Gasteiger partial charge in [0.1, 0.15) is 11.5 Å². The summed E-state index contributed by atoms with van der Waals surface area (Å²) in [7, 11) is 0. The van der Waals surface area contributed by atoms with E-state index in [9.17, 15) is 4.79 Å². The Labute approximate surface area is 131 Å². The highest BCUT2D eigenvalue weighted by Gasteiger charge is 2.16. The first-order chi connectivity index (χ1) is 10.1.